The van der Waals surface area contributed by atoms with Crippen LogP contribution in [0.5, 0.6) is 11.5 Å². The van der Waals surface area contributed by atoms with Gasteiger partial charge in [0.05, 0.1) is 23.5 Å². The summed E-state index contributed by atoms with van der Waals surface area (Å²) in [5.74, 6) is -0.147. The molecule has 4 rings (SSSR count). The third-order valence-corrected chi connectivity index (χ3v) is 4.85. The van der Waals surface area contributed by atoms with E-state index >= 15 is 0 Å². The third kappa shape index (κ3) is 3.00. The first-order chi connectivity index (χ1) is 13.0. The van der Waals surface area contributed by atoms with Crippen molar-refractivity contribution in [2.24, 2.45) is 0 Å². The minimum Gasteiger partial charge on any atom is -0.504 e. The average molecular weight is 388 g/mol. The number of benzene rings is 2. The number of anilines is 1. The van der Waals surface area contributed by atoms with Crippen molar-refractivity contribution in [1.29, 1.82) is 0 Å². The number of phenolic OH excluding ortho intramolecular Hbond substituents is 1. The van der Waals surface area contributed by atoms with Crippen LogP contribution >= 0.6 is 11.6 Å². The molecule has 0 bridgehead atoms. The van der Waals surface area contributed by atoms with Crippen LogP contribution in [-0.4, -0.2) is 27.7 Å². The van der Waals surface area contributed by atoms with Crippen molar-refractivity contribution in [3.63, 3.8) is 0 Å². The summed E-state index contributed by atoms with van der Waals surface area (Å²) < 4.78 is 20.3. The second kappa shape index (κ2) is 6.59. The average Bonchev–Trinajstić information content (AvgIpc) is 3.07. The number of aromatic hydroxyl groups is 1. The largest absolute Gasteiger partial charge is 0.504 e. The Morgan fingerprint density at radius 1 is 1.33 bits per heavy atom. The highest BCUT2D eigenvalue weighted by Crippen LogP contribution is 2.40. The fourth-order valence-electron chi connectivity index (χ4n) is 3.22. The molecule has 0 unspecified atom stereocenters. The van der Waals surface area contributed by atoms with Crippen LogP contribution in [0, 0.1) is 5.82 Å². The van der Waals surface area contributed by atoms with Gasteiger partial charge in [-0.3, -0.25) is 9.36 Å². The predicted octanol–water partition coefficient (Wildman–Crippen LogP) is 3.85. The van der Waals surface area contributed by atoms with Gasteiger partial charge in [-0.2, -0.15) is 0 Å². The molecule has 1 aliphatic heterocycles. The van der Waals surface area contributed by atoms with Crippen LogP contribution in [0.3, 0.4) is 0 Å². The molecule has 8 heteroatoms. The van der Waals surface area contributed by atoms with Gasteiger partial charge in [-0.05, 0) is 35.9 Å². The van der Waals surface area contributed by atoms with Crippen molar-refractivity contribution in [2.75, 3.05) is 12.4 Å². The molecular weight excluding hydrogens is 373 g/mol. The summed E-state index contributed by atoms with van der Waals surface area (Å²) in [7, 11) is 1.46. The lowest BCUT2D eigenvalue weighted by Crippen LogP contribution is -2.24. The van der Waals surface area contributed by atoms with E-state index in [9.17, 15) is 14.3 Å². The van der Waals surface area contributed by atoms with Gasteiger partial charge in [-0.25, -0.2) is 9.37 Å². The Morgan fingerprint density at radius 2 is 2.15 bits per heavy atom. The second-order valence-corrected chi connectivity index (χ2v) is 6.59. The molecule has 1 amide bonds. The lowest BCUT2D eigenvalue weighted by atomic mass is 9.89. The Kier molecular flexibility index (Phi) is 4.24. The van der Waals surface area contributed by atoms with Crippen LogP contribution in [-0.2, 0) is 4.79 Å². The van der Waals surface area contributed by atoms with Crippen molar-refractivity contribution < 1.29 is 19.0 Å². The van der Waals surface area contributed by atoms with Gasteiger partial charge < -0.3 is 15.2 Å². The number of hydrogen-bond acceptors (Lipinski definition) is 4. The lowest BCUT2D eigenvalue weighted by molar-refractivity contribution is -0.116. The summed E-state index contributed by atoms with van der Waals surface area (Å²) >= 11 is 5.88. The van der Waals surface area contributed by atoms with Gasteiger partial charge in [0.25, 0.3) is 0 Å². The number of hydrogen-bond donors (Lipinski definition) is 2. The Bertz CT molecular complexity index is 1050. The van der Waals surface area contributed by atoms with Crippen LogP contribution in [0.15, 0.2) is 42.7 Å². The smallest absolute Gasteiger partial charge is 0.226 e. The molecule has 27 heavy (non-hydrogen) atoms. The summed E-state index contributed by atoms with van der Waals surface area (Å²) in [6, 6.07) is 9.24. The van der Waals surface area contributed by atoms with Crippen molar-refractivity contribution in [2.45, 2.75) is 12.3 Å². The maximum atomic E-state index is 13.5. The molecule has 2 N–H and O–H groups in total. The number of halogens is 2. The number of imidazole rings is 1. The standard InChI is InChI=1S/C19H15ClFN3O3/c1-27-16-6-10(2-5-15(16)25)12-8-17(26)23-19-18(12)22-9-24(19)11-3-4-14(21)13(20)7-11/h2-7,9,12,25H,8H2,1H3,(H,23,26)/t12-/m1/s1. The number of carbonyl (C=O) groups excluding carboxylic acids is 1. The maximum Gasteiger partial charge on any atom is 0.226 e. The van der Waals surface area contributed by atoms with Gasteiger partial charge in [0.2, 0.25) is 5.91 Å². The first-order valence-corrected chi connectivity index (χ1v) is 8.55. The van der Waals surface area contributed by atoms with Crippen LogP contribution in [0.2, 0.25) is 5.02 Å². The number of nitrogens with zero attached hydrogens (tertiary/aromatic N) is 2. The zero-order valence-electron chi connectivity index (χ0n) is 14.2. The van der Waals surface area contributed by atoms with E-state index in [1.807, 2.05) is 0 Å². The van der Waals surface area contributed by atoms with E-state index in [0.29, 0.717) is 22.9 Å². The van der Waals surface area contributed by atoms with Gasteiger partial charge in [-0.1, -0.05) is 17.7 Å². The molecule has 0 aliphatic carbocycles. The first kappa shape index (κ1) is 17.4. The molecular formula is C19H15ClFN3O3. The van der Waals surface area contributed by atoms with Crippen LogP contribution in [0.25, 0.3) is 5.69 Å². The van der Waals surface area contributed by atoms with E-state index in [1.54, 1.807) is 29.1 Å². The molecule has 138 valence electrons. The van der Waals surface area contributed by atoms with Gasteiger partial charge in [0.15, 0.2) is 11.5 Å². The van der Waals surface area contributed by atoms with Gasteiger partial charge in [-0.15, -0.1) is 0 Å². The number of phenols is 1. The number of carbonyl (C=O) groups is 1. The fraction of sp³-hybridized carbons (Fsp3) is 0.158. The highest BCUT2D eigenvalue weighted by atomic mass is 35.5. The Hall–Kier alpha value is -3.06. The first-order valence-electron chi connectivity index (χ1n) is 8.17. The Labute approximate surface area is 159 Å². The summed E-state index contributed by atoms with van der Waals surface area (Å²) in [5, 5.41) is 12.6. The second-order valence-electron chi connectivity index (χ2n) is 6.18. The Morgan fingerprint density at radius 3 is 2.89 bits per heavy atom. The molecule has 0 saturated heterocycles. The fourth-order valence-corrected chi connectivity index (χ4v) is 3.40. The van der Waals surface area contributed by atoms with E-state index in [2.05, 4.69) is 10.3 Å². The van der Waals surface area contributed by atoms with E-state index in [4.69, 9.17) is 16.3 Å². The zero-order valence-corrected chi connectivity index (χ0v) is 15.0. The lowest BCUT2D eigenvalue weighted by Gasteiger charge is -2.24. The summed E-state index contributed by atoms with van der Waals surface area (Å²) in [6.07, 6.45) is 1.77. The molecule has 0 saturated carbocycles. The van der Waals surface area contributed by atoms with Crippen molar-refractivity contribution in [1.82, 2.24) is 9.55 Å². The van der Waals surface area contributed by atoms with Crippen LogP contribution in [0.4, 0.5) is 10.2 Å². The van der Waals surface area contributed by atoms with E-state index in [1.165, 1.54) is 25.3 Å². The topological polar surface area (TPSA) is 76.4 Å². The van der Waals surface area contributed by atoms with Crippen LogP contribution in [0.1, 0.15) is 23.6 Å². The molecule has 1 aromatic heterocycles. The highest BCUT2D eigenvalue weighted by molar-refractivity contribution is 6.30. The maximum absolute atomic E-state index is 13.5. The summed E-state index contributed by atoms with van der Waals surface area (Å²) in [4.78, 5) is 16.8. The molecule has 6 nitrogen and oxygen atoms in total. The number of ether oxygens (including phenoxy) is 1. The van der Waals surface area contributed by atoms with Gasteiger partial charge >= 0.3 is 0 Å². The minimum absolute atomic E-state index is 0.0168. The number of fused-ring (bicyclic) bond motifs is 1. The molecule has 2 aromatic carbocycles. The van der Waals surface area contributed by atoms with E-state index in [-0.39, 0.29) is 29.0 Å². The van der Waals surface area contributed by atoms with Gasteiger partial charge in [0.1, 0.15) is 18.0 Å². The van der Waals surface area contributed by atoms with Crippen molar-refractivity contribution >= 4 is 23.3 Å². The molecule has 3 aromatic rings. The van der Waals surface area contributed by atoms with Crippen molar-refractivity contribution in [3.05, 3.63) is 64.8 Å². The molecule has 0 spiro atoms. The Balaban J connectivity index is 1.81. The van der Waals surface area contributed by atoms with Gasteiger partial charge in [0, 0.05) is 12.3 Å². The minimum atomic E-state index is -0.521. The quantitative estimate of drug-likeness (QED) is 0.715. The third-order valence-electron chi connectivity index (χ3n) is 4.56. The summed E-state index contributed by atoms with van der Waals surface area (Å²) in [5.41, 5.74) is 2.05. The molecule has 0 fully saturated rings. The van der Waals surface area contributed by atoms with Crippen molar-refractivity contribution in [3.8, 4) is 17.2 Å². The number of rotatable bonds is 3. The normalized spacial score (nSPS) is 16.0. The monoisotopic (exact) mass is 387 g/mol. The van der Waals surface area contributed by atoms with Crippen LogP contribution < -0.4 is 10.1 Å². The molecule has 1 atom stereocenters. The molecule has 0 radical (unpaired) electrons. The van der Waals surface area contributed by atoms with E-state index < -0.39 is 5.82 Å². The highest BCUT2D eigenvalue weighted by Gasteiger charge is 2.31. The van der Waals surface area contributed by atoms with E-state index in [0.717, 1.165) is 5.56 Å². The summed E-state index contributed by atoms with van der Waals surface area (Å²) in [6.45, 7) is 0. The number of aromatic nitrogens is 2. The SMILES string of the molecule is COc1cc([C@H]2CC(=O)Nc3c2ncn3-c2ccc(F)c(Cl)c2)ccc1O. The molecule has 1 aliphatic rings. The number of amides is 1. The zero-order chi connectivity index (χ0) is 19.1. The predicted molar refractivity (Wildman–Crippen MR) is 98.3 cm³/mol. The number of methoxy groups -OCH3 is 1. The molecule has 2 heterocycles. The number of nitrogens with one attached hydrogen (secondary N) is 1.